The van der Waals surface area contributed by atoms with Crippen molar-refractivity contribution in [2.24, 2.45) is 5.92 Å². The minimum atomic E-state index is 0.122. The highest BCUT2D eigenvalue weighted by atomic mass is 79.9. The van der Waals surface area contributed by atoms with E-state index in [0.717, 1.165) is 29.6 Å². The first-order valence-electron chi connectivity index (χ1n) is 11.8. The molecule has 32 heavy (non-hydrogen) atoms. The number of benzene rings is 2. The molecule has 0 spiro atoms. The molecule has 2 N–H and O–H groups in total. The highest BCUT2D eigenvalue weighted by molar-refractivity contribution is 9.10. The lowest BCUT2D eigenvalue weighted by Crippen LogP contribution is -2.29. The molecule has 2 fully saturated rings. The quantitative estimate of drug-likeness (QED) is 0.432. The Bertz CT molecular complexity index is 1200. The van der Waals surface area contributed by atoms with Crippen molar-refractivity contribution in [3.8, 4) is 11.8 Å². The van der Waals surface area contributed by atoms with Crippen molar-refractivity contribution in [1.29, 1.82) is 0 Å². The van der Waals surface area contributed by atoms with Gasteiger partial charge in [0.15, 0.2) is 0 Å². The van der Waals surface area contributed by atoms with Gasteiger partial charge in [0.1, 0.15) is 0 Å². The Morgan fingerprint density at radius 1 is 1.06 bits per heavy atom. The van der Waals surface area contributed by atoms with E-state index in [1.807, 2.05) is 0 Å². The van der Waals surface area contributed by atoms with Crippen LogP contribution in [0.2, 0.25) is 0 Å². The number of fused-ring (bicyclic) bond motifs is 4. The molecule has 6 rings (SSSR count). The van der Waals surface area contributed by atoms with Gasteiger partial charge in [-0.05, 0) is 68.8 Å². The summed E-state index contributed by atoms with van der Waals surface area (Å²) in [7, 11) is 0. The molecule has 2 saturated heterocycles. The Hall–Kier alpha value is -2.26. The van der Waals surface area contributed by atoms with Crippen LogP contribution in [0.3, 0.4) is 0 Å². The first kappa shape index (κ1) is 20.4. The molecule has 3 aliphatic rings. The van der Waals surface area contributed by atoms with E-state index >= 15 is 0 Å². The Balaban J connectivity index is 1.29. The van der Waals surface area contributed by atoms with Crippen LogP contribution in [0.1, 0.15) is 54.5 Å². The number of rotatable bonds is 2. The number of likely N-dealkylation sites (tertiary alicyclic amines) is 1. The fraction of sp³-hybridized carbons (Fsp3) is 0.407. The van der Waals surface area contributed by atoms with Crippen molar-refractivity contribution in [2.45, 2.75) is 37.8 Å². The number of aromatic amines is 1. The zero-order chi connectivity index (χ0) is 21.5. The first-order valence-corrected chi connectivity index (χ1v) is 12.6. The van der Waals surface area contributed by atoms with Crippen molar-refractivity contribution < 1.29 is 4.74 Å². The Morgan fingerprint density at radius 3 is 2.88 bits per heavy atom. The van der Waals surface area contributed by atoms with Crippen LogP contribution in [0, 0.1) is 17.8 Å². The van der Waals surface area contributed by atoms with Crippen molar-refractivity contribution in [2.75, 3.05) is 31.6 Å². The van der Waals surface area contributed by atoms with Gasteiger partial charge in [-0.15, -0.1) is 0 Å². The number of aromatic nitrogens is 1. The number of ether oxygens (including phenoxy) is 1. The number of nitrogens with zero attached hydrogens (tertiary/aromatic N) is 1. The van der Waals surface area contributed by atoms with Crippen molar-refractivity contribution in [3.63, 3.8) is 0 Å². The number of nitrogens with one attached hydrogen (secondary N) is 2. The molecule has 0 saturated carbocycles. The van der Waals surface area contributed by atoms with Crippen LogP contribution in [-0.2, 0) is 4.74 Å². The summed E-state index contributed by atoms with van der Waals surface area (Å²) >= 11 is 3.64. The van der Waals surface area contributed by atoms with Crippen LogP contribution >= 0.6 is 15.9 Å². The maximum atomic E-state index is 6.29. The van der Waals surface area contributed by atoms with Crippen LogP contribution in [0.15, 0.2) is 47.1 Å². The SMILES string of the molecule is Brc1ccc2[nH]cc([C@H]3Nc4ccc(C#CCN5CCCCC5)cc4[C@H]4OCC[C@@H]34)c2c1. The Morgan fingerprint density at radius 2 is 1.97 bits per heavy atom. The molecule has 5 heteroatoms. The molecule has 2 aromatic carbocycles. The summed E-state index contributed by atoms with van der Waals surface area (Å²) in [5.74, 6) is 7.22. The highest BCUT2D eigenvalue weighted by Crippen LogP contribution is 2.51. The van der Waals surface area contributed by atoms with Crippen molar-refractivity contribution >= 4 is 32.5 Å². The highest BCUT2D eigenvalue weighted by Gasteiger charge is 2.42. The number of H-pyrrole nitrogens is 1. The van der Waals surface area contributed by atoms with Gasteiger partial charge >= 0.3 is 0 Å². The molecule has 0 amide bonds. The zero-order valence-electron chi connectivity index (χ0n) is 18.2. The molecule has 0 bridgehead atoms. The minimum Gasteiger partial charge on any atom is -0.377 e. The molecule has 0 aliphatic carbocycles. The van der Waals surface area contributed by atoms with Crippen LogP contribution in [0.25, 0.3) is 10.9 Å². The lowest BCUT2D eigenvalue weighted by Gasteiger charge is -2.36. The molecule has 4 nitrogen and oxygen atoms in total. The summed E-state index contributed by atoms with van der Waals surface area (Å²) in [4.78, 5) is 5.92. The van der Waals surface area contributed by atoms with Gasteiger partial charge in [0.05, 0.1) is 18.7 Å². The second-order valence-corrected chi connectivity index (χ2v) is 10.2. The fourth-order valence-electron chi connectivity index (χ4n) is 5.60. The number of hydrogen-bond acceptors (Lipinski definition) is 3. The van der Waals surface area contributed by atoms with E-state index in [9.17, 15) is 0 Å². The molecular weight excluding hydrogens is 462 g/mol. The van der Waals surface area contributed by atoms with E-state index < -0.39 is 0 Å². The number of piperidine rings is 1. The molecule has 4 heterocycles. The van der Waals surface area contributed by atoms with E-state index in [1.54, 1.807) is 0 Å². The topological polar surface area (TPSA) is 40.3 Å². The number of hydrogen-bond donors (Lipinski definition) is 2. The summed E-state index contributed by atoms with van der Waals surface area (Å²) in [6.45, 7) is 4.05. The second-order valence-electron chi connectivity index (χ2n) is 9.24. The van der Waals surface area contributed by atoms with Crippen molar-refractivity contribution in [1.82, 2.24) is 9.88 Å². The number of halogens is 1. The summed E-state index contributed by atoms with van der Waals surface area (Å²) in [6.07, 6.45) is 7.32. The molecule has 3 atom stereocenters. The molecule has 0 unspecified atom stereocenters. The van der Waals surface area contributed by atoms with Gasteiger partial charge in [0, 0.05) is 56.5 Å². The fourth-order valence-corrected chi connectivity index (χ4v) is 5.96. The summed E-state index contributed by atoms with van der Waals surface area (Å²) in [6, 6.07) is 13.2. The maximum absolute atomic E-state index is 6.29. The minimum absolute atomic E-state index is 0.122. The predicted octanol–water partition coefficient (Wildman–Crippen LogP) is 6.01. The van der Waals surface area contributed by atoms with Gasteiger partial charge in [-0.25, -0.2) is 0 Å². The van der Waals surface area contributed by atoms with Crippen molar-refractivity contribution in [3.05, 3.63) is 63.8 Å². The molecule has 1 aromatic heterocycles. The summed E-state index contributed by atoms with van der Waals surface area (Å²) in [5.41, 5.74) is 6.01. The largest absolute Gasteiger partial charge is 0.377 e. The molecule has 164 valence electrons. The van der Waals surface area contributed by atoms with E-state index in [4.69, 9.17) is 4.74 Å². The van der Waals surface area contributed by atoms with Gasteiger partial charge in [0.2, 0.25) is 0 Å². The smallest absolute Gasteiger partial charge is 0.0897 e. The Kier molecular flexibility index (Phi) is 5.46. The van der Waals surface area contributed by atoms with Crippen LogP contribution in [-0.4, -0.2) is 36.1 Å². The van der Waals surface area contributed by atoms with Gasteiger partial charge in [0.25, 0.3) is 0 Å². The molecule has 3 aliphatic heterocycles. The van der Waals surface area contributed by atoms with E-state index in [1.165, 1.54) is 60.1 Å². The normalized spacial score (nSPS) is 25.0. The first-order chi connectivity index (χ1) is 15.8. The summed E-state index contributed by atoms with van der Waals surface area (Å²) < 4.78 is 7.39. The average molecular weight is 490 g/mol. The zero-order valence-corrected chi connectivity index (χ0v) is 19.7. The maximum Gasteiger partial charge on any atom is 0.0897 e. The van der Waals surface area contributed by atoms with Crippen LogP contribution in [0.4, 0.5) is 5.69 Å². The third-order valence-electron chi connectivity index (χ3n) is 7.23. The van der Waals surface area contributed by atoms with Gasteiger partial charge < -0.3 is 15.0 Å². The molecule has 3 aromatic rings. The average Bonchev–Trinajstić information content (AvgIpc) is 3.47. The van der Waals surface area contributed by atoms with Gasteiger partial charge in [-0.2, -0.15) is 0 Å². The molecular formula is C27H28BrN3O. The number of anilines is 1. The van der Waals surface area contributed by atoms with Crippen LogP contribution < -0.4 is 5.32 Å². The lowest BCUT2D eigenvalue weighted by molar-refractivity contribution is 0.0830. The van der Waals surface area contributed by atoms with Crippen LogP contribution in [0.5, 0.6) is 0 Å². The van der Waals surface area contributed by atoms with E-state index in [-0.39, 0.29) is 12.1 Å². The predicted molar refractivity (Wildman–Crippen MR) is 133 cm³/mol. The third kappa shape index (κ3) is 3.75. The van der Waals surface area contributed by atoms with Gasteiger partial charge in [-0.3, -0.25) is 4.90 Å². The molecule has 0 radical (unpaired) electrons. The Labute approximate surface area is 197 Å². The lowest BCUT2D eigenvalue weighted by atomic mass is 9.80. The van der Waals surface area contributed by atoms with E-state index in [0.29, 0.717) is 5.92 Å². The standard InChI is InChI=1S/C27H28BrN3O/c28-19-7-9-24-21(16-19)23(17-29-24)26-20-10-14-32-27(20)22-15-18(6-8-25(22)30-26)5-4-13-31-11-2-1-3-12-31/h6-9,15-17,20,26-27,29-30H,1-3,10-14H2/t20-,26-,27-/m0/s1. The monoisotopic (exact) mass is 489 g/mol. The van der Waals surface area contributed by atoms with Gasteiger partial charge in [-0.1, -0.05) is 34.2 Å². The van der Waals surface area contributed by atoms with E-state index in [2.05, 4.69) is 85.6 Å². The third-order valence-corrected chi connectivity index (χ3v) is 7.72. The summed E-state index contributed by atoms with van der Waals surface area (Å²) in [5, 5.41) is 5.12. The second kappa shape index (κ2) is 8.59.